The lowest BCUT2D eigenvalue weighted by Crippen LogP contribution is -2.63. The molecule has 4 atom stereocenters. The van der Waals surface area contributed by atoms with Gasteiger partial charge in [0.05, 0.1) is 12.0 Å². The smallest absolute Gasteiger partial charge is 0.315 e. The molecule has 3 N–H and O–H groups in total. The van der Waals surface area contributed by atoms with Crippen molar-refractivity contribution in [1.82, 2.24) is 10.6 Å². The van der Waals surface area contributed by atoms with Crippen LogP contribution in [0.1, 0.15) is 39.5 Å². The number of carboxylic acids is 1. The molecule has 0 bridgehead atoms. The first-order valence-corrected chi connectivity index (χ1v) is 7.17. The summed E-state index contributed by atoms with van der Waals surface area (Å²) in [6.07, 6.45) is 2.90. The van der Waals surface area contributed by atoms with Gasteiger partial charge in [0.15, 0.2) is 0 Å². The third-order valence-electron chi connectivity index (χ3n) is 4.88. The zero-order chi connectivity index (χ0) is 14.9. The molecule has 0 aromatic carbocycles. The second kappa shape index (κ2) is 5.60. The summed E-state index contributed by atoms with van der Waals surface area (Å²) in [7, 11) is 1.69. The van der Waals surface area contributed by atoms with Crippen LogP contribution in [0.2, 0.25) is 0 Å². The zero-order valence-electron chi connectivity index (χ0n) is 12.3. The molecular weight excluding hydrogens is 260 g/mol. The second-order valence-corrected chi connectivity index (χ2v) is 6.50. The number of ether oxygens (including phenoxy) is 1. The molecule has 114 valence electrons. The van der Waals surface area contributed by atoms with Crippen LogP contribution in [-0.4, -0.2) is 42.4 Å². The second-order valence-electron chi connectivity index (χ2n) is 6.50. The summed E-state index contributed by atoms with van der Waals surface area (Å²) < 4.78 is 5.35. The Morgan fingerprint density at radius 1 is 1.20 bits per heavy atom. The number of nitrogens with one attached hydrogen (secondary N) is 2. The molecule has 2 saturated carbocycles. The van der Waals surface area contributed by atoms with E-state index in [1.165, 1.54) is 0 Å². The van der Waals surface area contributed by atoms with Gasteiger partial charge < -0.3 is 20.5 Å². The van der Waals surface area contributed by atoms with E-state index in [9.17, 15) is 9.59 Å². The molecule has 0 aromatic heterocycles. The maximum Gasteiger partial charge on any atom is 0.315 e. The van der Waals surface area contributed by atoms with E-state index >= 15 is 0 Å². The summed E-state index contributed by atoms with van der Waals surface area (Å²) in [5.74, 6) is -1.09. The first kappa shape index (κ1) is 15.1. The van der Waals surface area contributed by atoms with Gasteiger partial charge in [-0.25, -0.2) is 4.79 Å². The standard InChI is InChI=1S/C14H24N2O4/c1-14(2)10(7-11(14)20-3)16-13(19)15-9-5-4-8(6-9)12(17)18/h8-11H,4-7H2,1-3H3,(H,17,18)(H2,15,16,19). The van der Waals surface area contributed by atoms with Gasteiger partial charge in [-0.05, 0) is 25.7 Å². The van der Waals surface area contributed by atoms with E-state index in [0.29, 0.717) is 12.8 Å². The summed E-state index contributed by atoms with van der Waals surface area (Å²) in [5, 5.41) is 14.8. The van der Waals surface area contributed by atoms with Crippen molar-refractivity contribution in [3.05, 3.63) is 0 Å². The molecule has 0 heterocycles. The Labute approximate surface area is 119 Å². The Bertz CT molecular complexity index is 397. The first-order valence-electron chi connectivity index (χ1n) is 7.17. The van der Waals surface area contributed by atoms with Crippen molar-refractivity contribution in [2.75, 3.05) is 7.11 Å². The van der Waals surface area contributed by atoms with Crippen LogP contribution < -0.4 is 10.6 Å². The number of urea groups is 1. The van der Waals surface area contributed by atoms with Gasteiger partial charge in [-0.1, -0.05) is 13.8 Å². The van der Waals surface area contributed by atoms with Gasteiger partial charge in [0.2, 0.25) is 0 Å². The number of aliphatic carboxylic acids is 1. The molecule has 2 aliphatic carbocycles. The van der Waals surface area contributed by atoms with Crippen LogP contribution in [-0.2, 0) is 9.53 Å². The predicted octanol–water partition coefficient (Wildman–Crippen LogP) is 1.35. The van der Waals surface area contributed by atoms with Gasteiger partial charge in [0.1, 0.15) is 0 Å². The highest BCUT2D eigenvalue weighted by molar-refractivity contribution is 5.75. The highest BCUT2D eigenvalue weighted by Crippen LogP contribution is 2.42. The number of carboxylic acid groups (broad SMARTS) is 1. The monoisotopic (exact) mass is 284 g/mol. The van der Waals surface area contributed by atoms with Gasteiger partial charge in [-0.2, -0.15) is 0 Å². The average Bonchev–Trinajstić information content (AvgIpc) is 2.82. The molecule has 6 heteroatoms. The van der Waals surface area contributed by atoms with Crippen LogP contribution in [0.25, 0.3) is 0 Å². The maximum atomic E-state index is 12.0. The van der Waals surface area contributed by atoms with Crippen molar-refractivity contribution < 1.29 is 19.4 Å². The lowest BCUT2D eigenvalue weighted by Gasteiger charge is -2.51. The molecular formula is C14H24N2O4. The van der Waals surface area contributed by atoms with Crippen LogP contribution in [0.5, 0.6) is 0 Å². The SMILES string of the molecule is COC1CC(NC(=O)NC2CCC(C(=O)O)C2)C1(C)C. The molecule has 2 amide bonds. The Balaban J connectivity index is 1.76. The fourth-order valence-corrected chi connectivity index (χ4v) is 3.25. The van der Waals surface area contributed by atoms with Gasteiger partial charge >= 0.3 is 12.0 Å². The summed E-state index contributed by atoms with van der Waals surface area (Å²) in [6, 6.07) is -0.129. The van der Waals surface area contributed by atoms with Crippen molar-refractivity contribution in [1.29, 1.82) is 0 Å². The van der Waals surface area contributed by atoms with E-state index in [2.05, 4.69) is 24.5 Å². The molecule has 0 aromatic rings. The summed E-state index contributed by atoms with van der Waals surface area (Å²) in [5.41, 5.74) is -0.0641. The third-order valence-corrected chi connectivity index (χ3v) is 4.88. The molecule has 2 fully saturated rings. The van der Waals surface area contributed by atoms with Gasteiger partial charge in [0, 0.05) is 24.6 Å². The molecule has 0 radical (unpaired) electrons. The van der Waals surface area contributed by atoms with E-state index < -0.39 is 5.97 Å². The third kappa shape index (κ3) is 2.90. The van der Waals surface area contributed by atoms with Crippen molar-refractivity contribution in [2.24, 2.45) is 11.3 Å². The van der Waals surface area contributed by atoms with E-state index in [0.717, 1.165) is 12.8 Å². The van der Waals surface area contributed by atoms with Crippen molar-refractivity contribution in [2.45, 2.75) is 57.7 Å². The molecule has 2 aliphatic rings. The Kier molecular flexibility index (Phi) is 4.22. The molecule has 4 unspecified atom stereocenters. The number of amides is 2. The fourth-order valence-electron chi connectivity index (χ4n) is 3.25. The molecule has 0 aliphatic heterocycles. The predicted molar refractivity (Wildman–Crippen MR) is 73.4 cm³/mol. The Hall–Kier alpha value is -1.30. The van der Waals surface area contributed by atoms with Gasteiger partial charge in [0.25, 0.3) is 0 Å². The van der Waals surface area contributed by atoms with Crippen molar-refractivity contribution >= 4 is 12.0 Å². The van der Waals surface area contributed by atoms with Crippen LogP contribution in [0.15, 0.2) is 0 Å². The molecule has 0 saturated heterocycles. The summed E-state index contributed by atoms with van der Waals surface area (Å²) in [6.45, 7) is 4.15. The van der Waals surface area contributed by atoms with Gasteiger partial charge in [-0.3, -0.25) is 4.79 Å². The molecule has 6 nitrogen and oxygen atoms in total. The average molecular weight is 284 g/mol. The van der Waals surface area contributed by atoms with E-state index in [1.54, 1.807) is 7.11 Å². The number of carbonyl (C=O) groups is 2. The van der Waals surface area contributed by atoms with E-state index in [1.807, 2.05) is 0 Å². The number of methoxy groups -OCH3 is 1. The highest BCUT2D eigenvalue weighted by atomic mass is 16.5. The minimum atomic E-state index is -0.766. The minimum absolute atomic E-state index is 0.0301. The van der Waals surface area contributed by atoms with Crippen LogP contribution in [0.3, 0.4) is 0 Å². The summed E-state index contributed by atoms with van der Waals surface area (Å²) in [4.78, 5) is 22.8. The number of hydrogen-bond donors (Lipinski definition) is 3. The Morgan fingerprint density at radius 2 is 1.90 bits per heavy atom. The molecule has 20 heavy (non-hydrogen) atoms. The highest BCUT2D eigenvalue weighted by Gasteiger charge is 2.49. The van der Waals surface area contributed by atoms with E-state index in [4.69, 9.17) is 9.84 Å². The lowest BCUT2D eigenvalue weighted by atomic mass is 9.64. The van der Waals surface area contributed by atoms with Crippen molar-refractivity contribution in [3.8, 4) is 0 Å². The fraction of sp³-hybridized carbons (Fsp3) is 0.857. The first-order chi connectivity index (χ1) is 9.34. The minimum Gasteiger partial charge on any atom is -0.481 e. The Morgan fingerprint density at radius 3 is 2.40 bits per heavy atom. The number of carbonyl (C=O) groups excluding carboxylic acids is 1. The van der Waals surface area contributed by atoms with Crippen LogP contribution >= 0.6 is 0 Å². The largest absolute Gasteiger partial charge is 0.481 e. The van der Waals surface area contributed by atoms with Crippen LogP contribution in [0, 0.1) is 11.3 Å². The van der Waals surface area contributed by atoms with E-state index in [-0.39, 0.29) is 35.6 Å². The lowest BCUT2D eigenvalue weighted by molar-refractivity contribution is -0.141. The molecule has 0 spiro atoms. The van der Waals surface area contributed by atoms with Crippen molar-refractivity contribution in [3.63, 3.8) is 0 Å². The maximum absolute atomic E-state index is 12.0. The molecule has 2 rings (SSSR count). The van der Waals surface area contributed by atoms with Gasteiger partial charge in [-0.15, -0.1) is 0 Å². The number of hydrogen-bond acceptors (Lipinski definition) is 3. The zero-order valence-corrected chi connectivity index (χ0v) is 12.3. The number of rotatable bonds is 4. The van der Waals surface area contributed by atoms with Crippen LogP contribution in [0.4, 0.5) is 4.79 Å². The quantitative estimate of drug-likeness (QED) is 0.727. The summed E-state index contributed by atoms with van der Waals surface area (Å²) >= 11 is 0. The topological polar surface area (TPSA) is 87.7 Å². The normalized spacial score (nSPS) is 35.1.